The maximum absolute atomic E-state index is 9.52. The van der Waals surface area contributed by atoms with E-state index in [1.165, 1.54) is 6.42 Å². The molecule has 1 saturated carbocycles. The lowest BCUT2D eigenvalue weighted by Gasteiger charge is -2.25. The first-order valence-corrected chi connectivity index (χ1v) is 8.04. The monoisotopic (exact) mass is 323 g/mol. The number of hydrogen-bond acceptors (Lipinski definition) is 5. The second-order valence-electron chi connectivity index (χ2n) is 6.05. The molecule has 3 rings (SSSR count). The summed E-state index contributed by atoms with van der Waals surface area (Å²) in [6.07, 6.45) is 3.49. The van der Waals surface area contributed by atoms with Crippen LogP contribution in [-0.2, 0) is 11.3 Å². The van der Waals surface area contributed by atoms with Gasteiger partial charge in [-0.05, 0) is 36.6 Å². The smallest absolute Gasteiger partial charge is 0.142 e. The van der Waals surface area contributed by atoms with Gasteiger partial charge in [0.1, 0.15) is 23.2 Å². The van der Waals surface area contributed by atoms with Crippen LogP contribution in [0.15, 0.2) is 24.3 Å². The molecule has 1 heterocycles. The van der Waals surface area contributed by atoms with Crippen molar-refractivity contribution in [2.24, 2.45) is 0 Å². The first kappa shape index (κ1) is 16.3. The second kappa shape index (κ2) is 6.90. The lowest BCUT2D eigenvalue weighted by molar-refractivity contribution is 0.181. The van der Waals surface area contributed by atoms with E-state index < -0.39 is 0 Å². The summed E-state index contributed by atoms with van der Waals surface area (Å²) in [5.74, 6) is 1.52. The zero-order chi connectivity index (χ0) is 17.1. The molecule has 1 aliphatic rings. The molecule has 0 saturated heterocycles. The molecule has 1 aliphatic carbocycles. The minimum Gasteiger partial charge on any atom is -0.496 e. The summed E-state index contributed by atoms with van der Waals surface area (Å²) in [6, 6.07) is 10.0. The van der Waals surface area contributed by atoms with E-state index in [1.807, 2.05) is 24.3 Å². The first-order valence-electron chi connectivity index (χ1n) is 8.04. The zero-order valence-corrected chi connectivity index (χ0v) is 14.0. The van der Waals surface area contributed by atoms with Gasteiger partial charge in [-0.15, -0.1) is 0 Å². The van der Waals surface area contributed by atoms with Gasteiger partial charge in [0.25, 0.3) is 0 Å². The Morgan fingerprint density at radius 2 is 2.08 bits per heavy atom. The summed E-state index contributed by atoms with van der Waals surface area (Å²) in [5, 5.41) is 9.52. The Labute approximate surface area is 142 Å². The fourth-order valence-electron chi connectivity index (χ4n) is 3.06. The highest BCUT2D eigenvalue weighted by Gasteiger charge is 2.23. The fraction of sp³-hybridized carbons (Fsp3) is 0.368. The summed E-state index contributed by atoms with van der Waals surface area (Å²) in [5.41, 5.74) is 10.1. The molecule has 0 atom stereocenters. The van der Waals surface area contributed by atoms with Crippen molar-refractivity contribution in [2.75, 3.05) is 20.0 Å². The van der Waals surface area contributed by atoms with Crippen LogP contribution in [0.3, 0.4) is 0 Å². The molecule has 0 amide bonds. The number of pyridine rings is 1. The average Bonchev–Trinajstić information content (AvgIpc) is 2.53. The van der Waals surface area contributed by atoms with E-state index >= 15 is 0 Å². The number of nitrogen functional groups attached to an aromatic ring is 1. The van der Waals surface area contributed by atoms with Crippen LogP contribution in [0.5, 0.6) is 5.75 Å². The van der Waals surface area contributed by atoms with Crippen LogP contribution in [0.1, 0.15) is 42.0 Å². The van der Waals surface area contributed by atoms with Gasteiger partial charge in [-0.2, -0.15) is 5.26 Å². The van der Waals surface area contributed by atoms with E-state index in [1.54, 1.807) is 14.2 Å². The number of methoxy groups -OCH3 is 2. The molecule has 1 aromatic heterocycles. The minimum absolute atomic E-state index is 0.306. The first-order chi connectivity index (χ1) is 11.7. The van der Waals surface area contributed by atoms with Crippen LogP contribution in [0, 0.1) is 11.3 Å². The Morgan fingerprint density at radius 3 is 2.67 bits per heavy atom. The van der Waals surface area contributed by atoms with E-state index in [-0.39, 0.29) is 0 Å². The van der Waals surface area contributed by atoms with Crippen molar-refractivity contribution in [1.82, 2.24) is 4.98 Å². The van der Waals surface area contributed by atoms with Crippen molar-refractivity contribution in [3.8, 4) is 22.9 Å². The molecule has 0 spiro atoms. The summed E-state index contributed by atoms with van der Waals surface area (Å²) in [7, 11) is 3.28. The highest BCUT2D eigenvalue weighted by Crippen LogP contribution is 2.39. The van der Waals surface area contributed by atoms with Gasteiger partial charge in [0, 0.05) is 29.8 Å². The number of aromatic nitrogens is 1. The van der Waals surface area contributed by atoms with Crippen LogP contribution < -0.4 is 10.5 Å². The highest BCUT2D eigenvalue weighted by molar-refractivity contribution is 5.76. The largest absolute Gasteiger partial charge is 0.496 e. The van der Waals surface area contributed by atoms with Gasteiger partial charge in [-0.3, -0.25) is 0 Å². The number of benzene rings is 1. The van der Waals surface area contributed by atoms with Crippen LogP contribution in [0.4, 0.5) is 5.82 Å². The predicted molar refractivity (Wildman–Crippen MR) is 92.7 cm³/mol. The summed E-state index contributed by atoms with van der Waals surface area (Å²) in [4.78, 5) is 4.45. The molecule has 2 N–H and O–H groups in total. The molecule has 5 nitrogen and oxygen atoms in total. The van der Waals surface area contributed by atoms with Gasteiger partial charge < -0.3 is 15.2 Å². The quantitative estimate of drug-likeness (QED) is 0.908. The van der Waals surface area contributed by atoms with Crippen molar-refractivity contribution in [2.45, 2.75) is 31.8 Å². The Morgan fingerprint density at radius 1 is 1.29 bits per heavy atom. The van der Waals surface area contributed by atoms with Gasteiger partial charge >= 0.3 is 0 Å². The Bertz CT molecular complexity index is 792. The third-order valence-electron chi connectivity index (χ3n) is 4.59. The van der Waals surface area contributed by atoms with E-state index in [4.69, 9.17) is 15.2 Å². The minimum atomic E-state index is 0.306. The normalized spacial score (nSPS) is 14.0. The SMILES string of the molecule is COCc1cc(-c2cc(C3CCC3)nc(N)c2C#N)ccc1OC. The zero-order valence-electron chi connectivity index (χ0n) is 14.0. The van der Waals surface area contributed by atoms with E-state index in [0.717, 1.165) is 41.0 Å². The van der Waals surface area contributed by atoms with Crippen molar-refractivity contribution in [3.63, 3.8) is 0 Å². The standard InChI is InChI=1S/C19H21N3O2/c1-23-11-14-8-13(6-7-18(14)24-2)15-9-17(12-4-3-5-12)22-19(21)16(15)10-20/h6-9,12H,3-5,11H2,1-2H3,(H2,21,22). The molecule has 24 heavy (non-hydrogen) atoms. The van der Waals surface area contributed by atoms with Crippen molar-refractivity contribution >= 4 is 5.82 Å². The third-order valence-corrected chi connectivity index (χ3v) is 4.59. The lowest BCUT2D eigenvalue weighted by Crippen LogP contribution is -2.12. The second-order valence-corrected chi connectivity index (χ2v) is 6.05. The van der Waals surface area contributed by atoms with E-state index in [2.05, 4.69) is 11.1 Å². The summed E-state index contributed by atoms with van der Waals surface area (Å²) < 4.78 is 10.6. The van der Waals surface area contributed by atoms with Gasteiger partial charge in [0.15, 0.2) is 0 Å². The maximum atomic E-state index is 9.52. The van der Waals surface area contributed by atoms with Gasteiger partial charge in [0.05, 0.1) is 13.7 Å². The predicted octanol–water partition coefficient (Wildman–Crippen LogP) is 3.62. The molecule has 1 fully saturated rings. The number of hydrogen-bond donors (Lipinski definition) is 1. The molecule has 5 heteroatoms. The topological polar surface area (TPSA) is 81.2 Å². The number of rotatable bonds is 5. The van der Waals surface area contributed by atoms with E-state index in [9.17, 15) is 5.26 Å². The fourth-order valence-corrected chi connectivity index (χ4v) is 3.06. The van der Waals surface area contributed by atoms with Crippen LogP contribution in [0.2, 0.25) is 0 Å². The molecular formula is C19H21N3O2. The van der Waals surface area contributed by atoms with Crippen LogP contribution >= 0.6 is 0 Å². The highest BCUT2D eigenvalue weighted by atomic mass is 16.5. The number of nitrogens with zero attached hydrogens (tertiary/aromatic N) is 2. The number of nitrogens with two attached hydrogens (primary N) is 1. The molecule has 0 aliphatic heterocycles. The van der Waals surface area contributed by atoms with Gasteiger partial charge in [-0.25, -0.2) is 4.98 Å². The van der Waals surface area contributed by atoms with Crippen molar-refractivity contribution in [1.29, 1.82) is 5.26 Å². The Kier molecular flexibility index (Phi) is 4.68. The average molecular weight is 323 g/mol. The molecular weight excluding hydrogens is 302 g/mol. The van der Waals surface area contributed by atoms with Crippen LogP contribution in [0.25, 0.3) is 11.1 Å². The van der Waals surface area contributed by atoms with Gasteiger partial charge in [-0.1, -0.05) is 12.5 Å². The Balaban J connectivity index is 2.12. The molecule has 1 aromatic carbocycles. The van der Waals surface area contributed by atoms with E-state index in [0.29, 0.717) is 23.9 Å². The maximum Gasteiger partial charge on any atom is 0.142 e. The molecule has 124 valence electrons. The number of anilines is 1. The molecule has 0 unspecified atom stereocenters. The molecule has 2 aromatic rings. The molecule has 0 bridgehead atoms. The third kappa shape index (κ3) is 2.93. The van der Waals surface area contributed by atoms with Crippen molar-refractivity contribution < 1.29 is 9.47 Å². The van der Waals surface area contributed by atoms with Crippen LogP contribution in [-0.4, -0.2) is 19.2 Å². The summed E-state index contributed by atoms with van der Waals surface area (Å²) >= 11 is 0. The van der Waals surface area contributed by atoms with Crippen molar-refractivity contribution in [3.05, 3.63) is 41.1 Å². The summed E-state index contributed by atoms with van der Waals surface area (Å²) in [6.45, 7) is 0.439. The lowest BCUT2D eigenvalue weighted by atomic mass is 9.81. The Hall–Kier alpha value is -2.58. The molecule has 0 radical (unpaired) electrons. The number of nitriles is 1. The number of ether oxygens (including phenoxy) is 2. The van der Waals surface area contributed by atoms with Gasteiger partial charge in [0.2, 0.25) is 0 Å².